The molecule has 2 aromatic carbocycles. The lowest BCUT2D eigenvalue weighted by atomic mass is 9.87. The lowest BCUT2D eigenvalue weighted by Gasteiger charge is -2.26. The van der Waals surface area contributed by atoms with Gasteiger partial charge in [0, 0.05) is 22.8 Å². The van der Waals surface area contributed by atoms with Crippen LogP contribution >= 0.6 is 11.6 Å². The van der Waals surface area contributed by atoms with E-state index < -0.39 is 0 Å². The molecule has 0 aliphatic heterocycles. The molecule has 0 N–H and O–H groups in total. The molecule has 0 saturated carbocycles. The smallest absolute Gasteiger partial charge is 0.262 e. The molecule has 5 heteroatoms. The molecular formula is C24H17ClN2O2. The molecule has 1 unspecified atom stereocenters. The van der Waals surface area contributed by atoms with Gasteiger partial charge in [-0.3, -0.25) is 4.79 Å². The van der Waals surface area contributed by atoms with Crippen molar-refractivity contribution in [3.05, 3.63) is 92.9 Å². The number of benzene rings is 2. The first-order chi connectivity index (χ1) is 14.1. The van der Waals surface area contributed by atoms with Crippen molar-refractivity contribution in [2.45, 2.75) is 25.3 Å². The largest absolute Gasteiger partial charge is 0.456 e. The second kappa shape index (κ2) is 6.95. The summed E-state index contributed by atoms with van der Waals surface area (Å²) in [6.45, 7) is 0. The zero-order valence-electron chi connectivity index (χ0n) is 15.6. The average molecular weight is 401 g/mol. The van der Waals surface area contributed by atoms with E-state index in [4.69, 9.17) is 21.3 Å². The Labute approximate surface area is 172 Å². The summed E-state index contributed by atoms with van der Waals surface area (Å²) < 4.78 is 7.74. The highest BCUT2D eigenvalue weighted by atomic mass is 35.5. The zero-order valence-corrected chi connectivity index (χ0v) is 16.3. The number of nitriles is 1. The number of aromatic nitrogens is 1. The normalized spacial score (nSPS) is 15.8. The number of hydrogen-bond acceptors (Lipinski definition) is 3. The number of nitrogens with zero attached hydrogens (tertiary/aromatic N) is 2. The Hall–Kier alpha value is -3.29. The fourth-order valence-corrected chi connectivity index (χ4v) is 4.26. The van der Waals surface area contributed by atoms with E-state index in [2.05, 4.69) is 6.07 Å². The minimum Gasteiger partial charge on any atom is -0.456 e. The molecule has 0 saturated heterocycles. The molecule has 0 spiro atoms. The number of pyridine rings is 1. The summed E-state index contributed by atoms with van der Waals surface area (Å²) in [5, 5.41) is 10.3. The standard InChI is InChI=1S/C24H17ClN2O2/c25-19-6-3-16(4-7-19)23-13-21-22(29-23)9-10-27(24(21)28)20-8-5-17-11-15(14-26)1-2-18(17)12-20/h1-4,6-7,9-11,13,20H,5,8,12H2. The Morgan fingerprint density at radius 2 is 1.90 bits per heavy atom. The summed E-state index contributed by atoms with van der Waals surface area (Å²) in [4.78, 5) is 13.2. The van der Waals surface area contributed by atoms with Crippen molar-refractivity contribution < 1.29 is 4.42 Å². The van der Waals surface area contributed by atoms with Crippen molar-refractivity contribution in [2.75, 3.05) is 0 Å². The first-order valence-electron chi connectivity index (χ1n) is 9.55. The highest BCUT2D eigenvalue weighted by molar-refractivity contribution is 6.30. The Bertz CT molecular complexity index is 1330. The summed E-state index contributed by atoms with van der Waals surface area (Å²) in [6.07, 6.45) is 4.35. The summed E-state index contributed by atoms with van der Waals surface area (Å²) in [5.41, 5.74) is 4.55. The van der Waals surface area contributed by atoms with Crippen LogP contribution in [0.4, 0.5) is 0 Å². The Morgan fingerprint density at radius 3 is 2.69 bits per heavy atom. The SMILES string of the molecule is N#Cc1ccc2c(c1)CCC(n1ccc3oc(-c4ccc(Cl)cc4)cc3c1=O)C2. The monoisotopic (exact) mass is 400 g/mol. The summed E-state index contributed by atoms with van der Waals surface area (Å²) >= 11 is 5.96. The number of furan rings is 1. The van der Waals surface area contributed by atoms with Gasteiger partial charge in [-0.1, -0.05) is 17.7 Å². The maximum absolute atomic E-state index is 13.2. The summed E-state index contributed by atoms with van der Waals surface area (Å²) in [7, 11) is 0. The highest BCUT2D eigenvalue weighted by Crippen LogP contribution is 2.31. The van der Waals surface area contributed by atoms with Crippen molar-refractivity contribution in [1.82, 2.24) is 4.57 Å². The molecule has 1 aliphatic carbocycles. The molecule has 0 amide bonds. The Morgan fingerprint density at radius 1 is 1.07 bits per heavy atom. The quantitative estimate of drug-likeness (QED) is 0.445. The molecule has 0 radical (unpaired) electrons. The van der Waals surface area contributed by atoms with Gasteiger partial charge in [-0.2, -0.15) is 5.26 Å². The van der Waals surface area contributed by atoms with E-state index in [1.54, 1.807) is 12.1 Å². The van der Waals surface area contributed by atoms with Crippen LogP contribution < -0.4 is 5.56 Å². The third-order valence-corrected chi connectivity index (χ3v) is 5.92. The van der Waals surface area contributed by atoms with Crippen molar-refractivity contribution >= 4 is 22.6 Å². The fourth-order valence-electron chi connectivity index (χ4n) is 4.14. The van der Waals surface area contributed by atoms with Gasteiger partial charge in [-0.25, -0.2) is 0 Å². The van der Waals surface area contributed by atoms with Crippen molar-refractivity contribution in [2.24, 2.45) is 0 Å². The van der Waals surface area contributed by atoms with Gasteiger partial charge in [0.15, 0.2) is 0 Å². The van der Waals surface area contributed by atoms with Gasteiger partial charge < -0.3 is 8.98 Å². The molecule has 1 atom stereocenters. The summed E-state index contributed by atoms with van der Waals surface area (Å²) in [5.74, 6) is 0.657. The number of halogens is 1. The van der Waals surface area contributed by atoms with Crippen LogP contribution in [0.5, 0.6) is 0 Å². The predicted octanol–water partition coefficient (Wildman–Crippen LogP) is 5.52. The third kappa shape index (κ3) is 3.14. The van der Waals surface area contributed by atoms with E-state index in [-0.39, 0.29) is 11.6 Å². The van der Waals surface area contributed by atoms with Crippen molar-refractivity contribution in [3.8, 4) is 17.4 Å². The lowest BCUT2D eigenvalue weighted by Crippen LogP contribution is -2.28. The maximum Gasteiger partial charge on any atom is 0.262 e. The Kier molecular flexibility index (Phi) is 4.26. The third-order valence-electron chi connectivity index (χ3n) is 5.67. The van der Waals surface area contributed by atoms with E-state index in [1.807, 2.05) is 53.2 Å². The number of aryl methyl sites for hydroxylation is 1. The van der Waals surface area contributed by atoms with Crippen molar-refractivity contribution in [3.63, 3.8) is 0 Å². The van der Waals surface area contributed by atoms with Crippen LogP contribution in [0.1, 0.15) is 29.2 Å². The Balaban J connectivity index is 1.51. The average Bonchev–Trinajstić information content (AvgIpc) is 3.19. The molecule has 0 bridgehead atoms. The minimum absolute atomic E-state index is 0.0337. The lowest BCUT2D eigenvalue weighted by molar-refractivity contribution is 0.432. The molecule has 1 aliphatic rings. The van der Waals surface area contributed by atoms with Crippen LogP contribution in [0, 0.1) is 11.3 Å². The molecule has 29 heavy (non-hydrogen) atoms. The number of hydrogen-bond donors (Lipinski definition) is 0. The van der Waals surface area contributed by atoms with Crippen LogP contribution in [-0.4, -0.2) is 4.57 Å². The molecule has 4 aromatic rings. The van der Waals surface area contributed by atoms with Gasteiger partial charge in [-0.05, 0) is 78.9 Å². The van der Waals surface area contributed by atoms with Gasteiger partial charge in [-0.15, -0.1) is 0 Å². The maximum atomic E-state index is 13.2. The molecule has 2 heterocycles. The molecule has 0 fully saturated rings. The second-order valence-electron chi connectivity index (χ2n) is 7.42. The van der Waals surface area contributed by atoms with E-state index in [1.165, 1.54) is 11.1 Å². The van der Waals surface area contributed by atoms with E-state index in [0.29, 0.717) is 27.3 Å². The molecule has 5 rings (SSSR count). The highest BCUT2D eigenvalue weighted by Gasteiger charge is 2.22. The van der Waals surface area contributed by atoms with Gasteiger partial charge in [0.05, 0.1) is 17.0 Å². The van der Waals surface area contributed by atoms with E-state index in [0.717, 1.165) is 24.8 Å². The topological polar surface area (TPSA) is 58.9 Å². The van der Waals surface area contributed by atoms with Gasteiger partial charge in [0.2, 0.25) is 0 Å². The van der Waals surface area contributed by atoms with Crippen LogP contribution in [0.2, 0.25) is 5.02 Å². The van der Waals surface area contributed by atoms with Gasteiger partial charge >= 0.3 is 0 Å². The molecular weight excluding hydrogens is 384 g/mol. The molecule has 4 nitrogen and oxygen atoms in total. The first kappa shape index (κ1) is 17.8. The van der Waals surface area contributed by atoms with E-state index in [9.17, 15) is 4.79 Å². The van der Waals surface area contributed by atoms with Crippen LogP contribution in [0.25, 0.3) is 22.3 Å². The molecule has 142 valence electrons. The van der Waals surface area contributed by atoms with Crippen LogP contribution in [0.15, 0.2) is 70.0 Å². The fraction of sp³-hybridized carbons (Fsp3) is 0.167. The van der Waals surface area contributed by atoms with E-state index >= 15 is 0 Å². The van der Waals surface area contributed by atoms with Gasteiger partial charge in [0.25, 0.3) is 5.56 Å². The number of rotatable bonds is 2. The van der Waals surface area contributed by atoms with Crippen LogP contribution in [-0.2, 0) is 12.8 Å². The number of fused-ring (bicyclic) bond motifs is 2. The molecule has 2 aromatic heterocycles. The summed E-state index contributed by atoms with van der Waals surface area (Å²) in [6, 6.07) is 19.2. The van der Waals surface area contributed by atoms with Crippen molar-refractivity contribution in [1.29, 1.82) is 5.26 Å². The van der Waals surface area contributed by atoms with Gasteiger partial charge in [0.1, 0.15) is 11.3 Å². The zero-order chi connectivity index (χ0) is 20.0. The minimum atomic E-state index is -0.0337. The predicted molar refractivity (Wildman–Crippen MR) is 113 cm³/mol. The second-order valence-corrected chi connectivity index (χ2v) is 7.85. The first-order valence-corrected chi connectivity index (χ1v) is 9.93. The van der Waals surface area contributed by atoms with Crippen LogP contribution in [0.3, 0.4) is 0 Å².